The number of hydrogen-bond acceptors (Lipinski definition) is 13. The molecule has 3 unspecified atom stereocenters. The maximum absolute atomic E-state index is 13.3. The second kappa shape index (κ2) is 30.5. The van der Waals surface area contributed by atoms with E-state index in [1.807, 2.05) is 74.4 Å². The number of fused-ring (bicyclic) bond motifs is 3. The molecule has 0 spiro atoms. The van der Waals surface area contributed by atoms with Gasteiger partial charge in [-0.3, -0.25) is 19.2 Å². The van der Waals surface area contributed by atoms with Gasteiger partial charge in [0.25, 0.3) is 0 Å². The first-order valence-corrected chi connectivity index (χ1v) is 35.4. The molecule has 6 aliphatic rings. The van der Waals surface area contributed by atoms with Crippen LogP contribution in [0.5, 0.6) is 5.75 Å². The van der Waals surface area contributed by atoms with Crippen molar-refractivity contribution in [1.29, 1.82) is 0 Å². The van der Waals surface area contributed by atoms with Crippen molar-refractivity contribution >= 4 is 64.6 Å². The maximum atomic E-state index is 13.3. The zero-order valence-electron chi connectivity index (χ0n) is 56.5. The highest BCUT2D eigenvalue weighted by atomic mass is 32.2. The van der Waals surface area contributed by atoms with Gasteiger partial charge >= 0.3 is 30.1 Å². The van der Waals surface area contributed by atoms with Gasteiger partial charge in [-0.2, -0.15) is 13.2 Å². The molecule has 0 amide bonds. The number of alkyl halides is 3. The Morgan fingerprint density at radius 2 is 1.14 bits per heavy atom. The van der Waals surface area contributed by atoms with Crippen LogP contribution in [0.4, 0.5) is 13.2 Å². The van der Waals surface area contributed by atoms with Gasteiger partial charge in [0.2, 0.25) is 6.10 Å². The summed E-state index contributed by atoms with van der Waals surface area (Å²) in [6.45, 7) is 31.6. The lowest BCUT2D eigenvalue weighted by Gasteiger charge is -2.60. The molecule has 1 aromatic heterocycles. The largest absolute Gasteiger partial charge is 0.748 e. The average Bonchev–Trinajstić information content (AvgIpc) is 0.860. The van der Waals surface area contributed by atoms with Gasteiger partial charge in [0.1, 0.15) is 22.6 Å². The molecule has 5 saturated carbocycles. The average molecular weight is 1320 g/mol. The number of aromatic hydroxyl groups is 1. The number of hydrogen-bond donors (Lipinski definition) is 2. The van der Waals surface area contributed by atoms with Crippen molar-refractivity contribution in [1.82, 2.24) is 5.32 Å². The monoisotopic (exact) mass is 1320 g/mol. The number of nitrogens with one attached hydrogen (secondary N) is 1. The minimum absolute atomic E-state index is 0. The summed E-state index contributed by atoms with van der Waals surface area (Å²) in [7, 11) is -5.21. The highest BCUT2D eigenvalue weighted by Crippen LogP contribution is 2.64. The van der Waals surface area contributed by atoms with Gasteiger partial charge in [0.05, 0.1) is 37.5 Å². The predicted molar refractivity (Wildman–Crippen MR) is 362 cm³/mol. The quantitative estimate of drug-likeness (QED) is 0.0387. The Kier molecular flexibility index (Phi) is 25.5. The number of carbonyl (C=O) groups excluding carboxylic acids is 4. The molecular weight excluding hydrogens is 1220 g/mol. The van der Waals surface area contributed by atoms with Crippen LogP contribution < -0.4 is 5.32 Å². The molecule has 2 N–H and O–H groups in total. The van der Waals surface area contributed by atoms with E-state index in [0.29, 0.717) is 43.8 Å². The number of esters is 4. The summed E-state index contributed by atoms with van der Waals surface area (Å²) in [4.78, 5) is 50.8. The third-order valence-corrected chi connectivity index (χ3v) is 23.2. The third-order valence-electron chi connectivity index (χ3n) is 20.1. The first-order chi connectivity index (χ1) is 42.2. The van der Waals surface area contributed by atoms with Gasteiger partial charge in [0, 0.05) is 46.7 Å². The van der Waals surface area contributed by atoms with Crippen LogP contribution in [0.3, 0.4) is 0 Å². The Labute approximate surface area is 549 Å². The van der Waals surface area contributed by atoms with Crippen LogP contribution in [0.1, 0.15) is 207 Å². The van der Waals surface area contributed by atoms with Crippen molar-refractivity contribution in [3.05, 3.63) is 109 Å². The SMILES string of the molecule is C.CCC(C)(C)C(=O)OC(C)(C)C1CNC1.CCC(C)(C)C(=O)OC1(C)CCCC1.CCC(C)(C)C(=O)OC12CC3CC(C1)CC(C(=O)OC(CS(=O)(=O)[O-])C(F)(F)F)(C3)C2.CCC(C)(C)c1cccc(O)c1.c1ccc(-[s+]2c3ccccc3c3ccccc32)cc1. The van der Waals surface area contributed by atoms with E-state index < -0.39 is 56.5 Å². The van der Waals surface area contributed by atoms with E-state index in [1.165, 1.54) is 43.5 Å². The first-order valence-electron chi connectivity index (χ1n) is 32.6. The van der Waals surface area contributed by atoms with E-state index in [2.05, 4.69) is 123 Å². The van der Waals surface area contributed by atoms with Crippen molar-refractivity contribution in [3.63, 3.8) is 0 Å². The van der Waals surface area contributed by atoms with E-state index in [9.17, 15) is 50.4 Å². The minimum Gasteiger partial charge on any atom is -0.748 e. The predicted octanol–water partition coefficient (Wildman–Crippen LogP) is 18.0. The van der Waals surface area contributed by atoms with Crippen molar-refractivity contribution in [2.75, 3.05) is 18.8 Å². The highest BCUT2D eigenvalue weighted by molar-refractivity contribution is 7.85. The van der Waals surface area contributed by atoms with Gasteiger partial charge in [-0.05, 0) is 217 Å². The lowest BCUT2D eigenvalue weighted by molar-refractivity contribution is -0.239. The number of phenolic OH excluding ortho intramolecular Hbond substituents is 1. The van der Waals surface area contributed by atoms with E-state index >= 15 is 0 Å². The van der Waals surface area contributed by atoms with E-state index in [0.717, 1.165) is 51.6 Å². The molecule has 13 nitrogen and oxygen atoms in total. The zero-order chi connectivity index (χ0) is 67.8. The Balaban J connectivity index is 0.000000219. The van der Waals surface area contributed by atoms with Crippen molar-refractivity contribution in [3.8, 4) is 10.6 Å². The van der Waals surface area contributed by atoms with Crippen LogP contribution in [0, 0.1) is 39.4 Å². The van der Waals surface area contributed by atoms with E-state index in [-0.39, 0.29) is 75.5 Å². The molecule has 2 heterocycles. The van der Waals surface area contributed by atoms with Crippen LogP contribution in [0.25, 0.3) is 25.1 Å². The van der Waals surface area contributed by atoms with Crippen LogP contribution in [-0.4, -0.2) is 89.9 Å². The fourth-order valence-electron chi connectivity index (χ4n) is 12.6. The van der Waals surface area contributed by atoms with Crippen LogP contribution in [-0.2, 0) is 53.7 Å². The molecular formula is C74H106F3NO12S2. The normalized spacial score (nSPS) is 21.4. The summed E-state index contributed by atoms with van der Waals surface area (Å²) in [5.41, 5.74) is -2.80. The summed E-state index contributed by atoms with van der Waals surface area (Å²) in [5.74, 6) is -2.75. The summed E-state index contributed by atoms with van der Waals surface area (Å²) >= 11 is 0. The maximum Gasteiger partial charge on any atom is 0.426 e. The Morgan fingerprint density at radius 3 is 1.59 bits per heavy atom. The van der Waals surface area contributed by atoms with E-state index in [1.54, 1.807) is 19.9 Å². The lowest BCUT2D eigenvalue weighted by Crippen LogP contribution is -2.61. The molecule has 0 radical (unpaired) electrons. The summed E-state index contributed by atoms with van der Waals surface area (Å²) in [6.07, 6.45) is 2.02. The van der Waals surface area contributed by atoms with Crippen LogP contribution >= 0.6 is 10.5 Å². The van der Waals surface area contributed by atoms with Gasteiger partial charge in [-0.1, -0.05) is 104 Å². The van der Waals surface area contributed by atoms with E-state index in [4.69, 9.17) is 14.2 Å². The molecule has 512 valence electrons. The Bertz CT molecular complexity index is 3330. The fraction of sp³-hybridized carbons (Fsp3) is 0.622. The fourth-order valence-corrected chi connectivity index (χ4v) is 15.6. The molecule has 3 atom stereocenters. The summed E-state index contributed by atoms with van der Waals surface area (Å²) in [5, 5.41) is 15.3. The minimum atomic E-state index is -5.27. The van der Waals surface area contributed by atoms with Gasteiger partial charge in [-0.25, -0.2) is 8.42 Å². The van der Waals surface area contributed by atoms with Crippen LogP contribution in [0.2, 0.25) is 0 Å². The number of phenols is 1. The zero-order valence-corrected chi connectivity index (χ0v) is 58.2. The molecule has 18 heteroatoms. The van der Waals surface area contributed by atoms with Crippen molar-refractivity contribution in [2.45, 2.75) is 236 Å². The molecule has 11 rings (SSSR count). The number of thiophene rings is 1. The topological polar surface area (TPSA) is 195 Å². The number of carbonyl (C=O) groups is 4. The van der Waals surface area contributed by atoms with Gasteiger partial charge < -0.3 is 33.9 Å². The highest BCUT2D eigenvalue weighted by Gasteiger charge is 2.64. The van der Waals surface area contributed by atoms with Crippen molar-refractivity contribution in [2.24, 2.45) is 39.4 Å². The molecule has 92 heavy (non-hydrogen) atoms. The Hall–Kier alpha value is -5.56. The second-order valence-corrected chi connectivity index (χ2v) is 32.9. The number of halogens is 3. The van der Waals surface area contributed by atoms with Gasteiger partial charge in [-0.15, -0.1) is 0 Å². The molecule has 5 aromatic rings. The lowest BCUT2D eigenvalue weighted by atomic mass is 9.48. The van der Waals surface area contributed by atoms with Crippen molar-refractivity contribution < 1.29 is 69.4 Å². The molecule has 6 fully saturated rings. The Morgan fingerprint density at radius 1 is 0.663 bits per heavy atom. The molecule has 4 bridgehead atoms. The molecule has 5 aliphatic carbocycles. The first kappa shape index (κ1) is 77.1. The molecule has 1 saturated heterocycles. The third kappa shape index (κ3) is 19.5. The summed E-state index contributed by atoms with van der Waals surface area (Å²) in [6, 6.07) is 35.9. The number of rotatable bonds is 17. The van der Waals surface area contributed by atoms with Crippen LogP contribution in [0.15, 0.2) is 103 Å². The number of benzene rings is 4. The molecule has 4 aromatic carbocycles. The summed E-state index contributed by atoms with van der Waals surface area (Å²) < 4.78 is 97.2. The van der Waals surface area contributed by atoms with Gasteiger partial charge in [0.15, 0.2) is 14.3 Å². The second-order valence-electron chi connectivity index (χ2n) is 29.5. The smallest absolute Gasteiger partial charge is 0.426 e. The number of ether oxygens (including phenoxy) is 4. The molecule has 1 aliphatic heterocycles. The standard InChI is InChI=1S/C20H29F3O7S.C18H13S.C12H23NO2.C12H22O2.C11H16O.CH4/c1-4-17(2,3)15(24)30-19-8-12-5-13(9-19)7-18(6-12,11-19)16(25)29-14(20(21,22)23)10-31(26,27)28;1-2-8-14(9-3-1)19-17-12-6-4-10-15(17)16-11-5-7-13-18(16)19;1-6-11(2,3)10(14)15-12(4,5)9-7-13-8-9;1-5-11(2,3)10(13)14-12(4)8-6-7-9-12;1-4-11(2,3)9-6-5-7-10(12)8-9;/h12-14H,4-11H2,1-3H3,(H,26,27,28);1-13H;9,13H,6-8H2,1-5H3;5-9H2,1-4H3;5-8,12H,4H2,1-3H3;1H4/q;+1;;;;/p-1.